The SMILES string of the molecule is Nc1ccc2cc(S(=O)(=O)[O-])c(N=Nc3ccc(-c4ccc(N=Nc5c(S(=O)(=O)[O-])cc6cc(S(=O)(=O)[O-])cc(N)c6c5O)cc4)cc3)c(O)c2c1.[Na+].[Na+].[Na+]. The molecule has 6 aromatic rings. The Bertz CT molecular complexity index is 2860. The summed E-state index contributed by atoms with van der Waals surface area (Å²) >= 11 is 0. The van der Waals surface area contributed by atoms with Crippen LogP contribution >= 0.6 is 0 Å². The standard InChI is InChI=1S/C32H24N6O11S3.3Na/c33-20-6-1-18-12-26(51(44,45)46)29(31(39)24(18)14-20)37-35-21-7-2-16(3-8-21)17-4-9-22(10-5-17)36-38-30-27(52(47,48)49)13-19-11-23(50(41,42)43)15-25(34)28(19)32(30)40;;;/h1-15,39-40H,33-34H2,(H,41,42,43)(H,44,45,46)(H,47,48,49);;;/q;3*+1/p-3. The van der Waals surface area contributed by atoms with Gasteiger partial charge in [0, 0.05) is 22.1 Å². The maximum Gasteiger partial charge on any atom is 1.00 e. The first kappa shape index (κ1) is 46.4. The number of azo groups is 2. The van der Waals surface area contributed by atoms with Crippen LogP contribution in [-0.4, -0.2) is 49.1 Å². The van der Waals surface area contributed by atoms with Crippen LogP contribution in [0, 0.1) is 0 Å². The maximum absolute atomic E-state index is 12.1. The summed E-state index contributed by atoms with van der Waals surface area (Å²) < 4.78 is 106. The van der Waals surface area contributed by atoms with Crippen molar-refractivity contribution >= 4 is 86.0 Å². The quantitative estimate of drug-likeness (QED) is 0.0509. The molecule has 17 nitrogen and oxygen atoms in total. The van der Waals surface area contributed by atoms with Crippen molar-refractivity contribution in [1.82, 2.24) is 0 Å². The van der Waals surface area contributed by atoms with Crippen molar-refractivity contribution in [3.8, 4) is 22.6 Å². The van der Waals surface area contributed by atoms with Gasteiger partial charge in [0.1, 0.15) is 41.7 Å². The Morgan fingerprint density at radius 2 is 0.964 bits per heavy atom. The van der Waals surface area contributed by atoms with Crippen LogP contribution in [0.25, 0.3) is 32.7 Å². The van der Waals surface area contributed by atoms with Crippen molar-refractivity contribution in [3.05, 3.63) is 91.0 Å². The molecule has 0 unspecified atom stereocenters. The fraction of sp³-hybridized carbons (Fsp3) is 0. The van der Waals surface area contributed by atoms with E-state index in [1.807, 2.05) is 0 Å². The number of nitrogens with two attached hydrogens (primary N) is 2. The number of aromatic hydroxyl groups is 2. The average Bonchev–Trinajstić information content (AvgIpc) is 3.06. The number of anilines is 2. The van der Waals surface area contributed by atoms with Gasteiger partial charge in [0.05, 0.1) is 26.1 Å². The molecule has 0 radical (unpaired) electrons. The molecule has 0 saturated heterocycles. The minimum absolute atomic E-state index is 0. The summed E-state index contributed by atoms with van der Waals surface area (Å²) in [7, 11) is -15.4. The van der Waals surface area contributed by atoms with E-state index in [1.54, 1.807) is 24.3 Å². The van der Waals surface area contributed by atoms with E-state index < -0.39 is 73.6 Å². The first-order valence-electron chi connectivity index (χ1n) is 14.4. The molecule has 266 valence electrons. The fourth-order valence-corrected chi connectivity index (χ4v) is 7.06. The van der Waals surface area contributed by atoms with E-state index in [4.69, 9.17) is 11.5 Å². The van der Waals surface area contributed by atoms with Crippen LogP contribution in [-0.2, 0) is 30.4 Å². The third-order valence-electron chi connectivity index (χ3n) is 7.66. The summed E-state index contributed by atoms with van der Waals surface area (Å²) in [6, 6.07) is 20.2. The van der Waals surface area contributed by atoms with Gasteiger partial charge in [0.2, 0.25) is 0 Å². The van der Waals surface area contributed by atoms with Gasteiger partial charge in [-0.1, -0.05) is 30.3 Å². The normalized spacial score (nSPS) is 12.1. The van der Waals surface area contributed by atoms with Gasteiger partial charge in [-0.05, 0) is 82.6 Å². The number of phenolic OH excluding ortho intramolecular Hbond substituents is 2. The van der Waals surface area contributed by atoms with E-state index in [9.17, 15) is 49.1 Å². The zero-order chi connectivity index (χ0) is 37.7. The second-order valence-corrected chi connectivity index (χ2v) is 15.2. The minimum atomic E-state index is -5.30. The van der Waals surface area contributed by atoms with E-state index in [1.165, 1.54) is 42.5 Å². The third-order valence-corrected chi connectivity index (χ3v) is 10.2. The largest absolute Gasteiger partial charge is 1.00 e. The average molecular weight is 831 g/mol. The summed E-state index contributed by atoms with van der Waals surface area (Å²) in [6.45, 7) is 0. The van der Waals surface area contributed by atoms with Gasteiger partial charge in [-0.15, -0.1) is 10.2 Å². The van der Waals surface area contributed by atoms with Crippen LogP contribution in [0.15, 0.2) is 126 Å². The number of hydrogen-bond donors (Lipinski definition) is 4. The van der Waals surface area contributed by atoms with Crippen molar-refractivity contribution < 1.29 is 138 Å². The molecular weight excluding hydrogens is 810 g/mol. The van der Waals surface area contributed by atoms with Gasteiger partial charge in [-0.3, -0.25) is 0 Å². The number of rotatable bonds is 8. The molecule has 0 bridgehead atoms. The van der Waals surface area contributed by atoms with E-state index in [-0.39, 0.29) is 127 Å². The summed E-state index contributed by atoms with van der Waals surface area (Å²) in [6.07, 6.45) is 0. The van der Waals surface area contributed by atoms with Crippen molar-refractivity contribution in [2.75, 3.05) is 11.5 Å². The number of benzene rings is 6. The molecule has 0 aliphatic heterocycles. The molecule has 0 saturated carbocycles. The van der Waals surface area contributed by atoms with Crippen LogP contribution in [0.4, 0.5) is 34.1 Å². The van der Waals surface area contributed by atoms with Crippen molar-refractivity contribution in [2.24, 2.45) is 20.5 Å². The van der Waals surface area contributed by atoms with Gasteiger partial charge in [-0.2, -0.15) is 10.2 Å². The van der Waals surface area contributed by atoms with Gasteiger partial charge >= 0.3 is 88.7 Å². The van der Waals surface area contributed by atoms with Gasteiger partial charge in [0.15, 0.2) is 11.5 Å². The number of nitrogen functional groups attached to an aromatic ring is 2. The Morgan fingerprint density at radius 3 is 1.42 bits per heavy atom. The van der Waals surface area contributed by atoms with E-state index in [0.29, 0.717) is 11.1 Å². The van der Waals surface area contributed by atoms with Crippen LogP contribution in [0.1, 0.15) is 0 Å². The molecular formula is C32H21N6Na3O11S3. The predicted octanol–water partition coefficient (Wildman–Crippen LogP) is -3.21. The van der Waals surface area contributed by atoms with E-state index in [0.717, 1.165) is 24.3 Å². The number of hydrogen-bond acceptors (Lipinski definition) is 17. The summed E-state index contributed by atoms with van der Waals surface area (Å²) in [5.41, 5.74) is 11.9. The number of phenols is 2. The molecule has 0 spiro atoms. The Hall–Kier alpha value is -3.03. The molecule has 0 aliphatic carbocycles. The van der Waals surface area contributed by atoms with Crippen molar-refractivity contribution in [1.29, 1.82) is 0 Å². The zero-order valence-electron chi connectivity index (χ0n) is 28.9. The molecule has 0 aliphatic rings. The van der Waals surface area contributed by atoms with Gasteiger partial charge in [0.25, 0.3) is 0 Å². The Balaban J connectivity index is 0.00000271. The summed E-state index contributed by atoms with van der Waals surface area (Å²) in [4.78, 5) is -2.61. The zero-order valence-corrected chi connectivity index (χ0v) is 37.3. The predicted molar refractivity (Wildman–Crippen MR) is 184 cm³/mol. The van der Waals surface area contributed by atoms with E-state index >= 15 is 0 Å². The first-order chi connectivity index (χ1) is 24.3. The monoisotopic (exact) mass is 830 g/mol. The van der Waals surface area contributed by atoms with Crippen molar-refractivity contribution in [3.63, 3.8) is 0 Å². The van der Waals surface area contributed by atoms with Gasteiger partial charge in [-0.25, -0.2) is 25.3 Å². The first-order valence-corrected chi connectivity index (χ1v) is 18.6. The molecule has 6 N–H and O–H groups in total. The minimum Gasteiger partial charge on any atom is -0.744 e. The smallest absolute Gasteiger partial charge is 0.744 e. The molecule has 0 atom stereocenters. The second kappa shape index (κ2) is 17.6. The van der Waals surface area contributed by atoms with Crippen LogP contribution in [0.3, 0.4) is 0 Å². The molecule has 23 heteroatoms. The maximum atomic E-state index is 12.1. The van der Waals surface area contributed by atoms with Crippen LogP contribution in [0.2, 0.25) is 0 Å². The van der Waals surface area contributed by atoms with Crippen molar-refractivity contribution in [2.45, 2.75) is 14.7 Å². The molecule has 55 heavy (non-hydrogen) atoms. The Labute approximate surface area is 379 Å². The number of nitrogens with zero attached hydrogens (tertiary/aromatic N) is 4. The molecule has 6 rings (SSSR count). The van der Waals surface area contributed by atoms with Gasteiger partial charge < -0.3 is 35.3 Å². The Kier molecular flexibility index (Phi) is 14.9. The Morgan fingerprint density at radius 1 is 0.509 bits per heavy atom. The van der Waals surface area contributed by atoms with Crippen LogP contribution < -0.4 is 100 Å². The second-order valence-electron chi connectivity index (χ2n) is 11.1. The molecule has 6 aromatic carbocycles. The molecule has 0 heterocycles. The number of fused-ring (bicyclic) bond motifs is 2. The summed E-state index contributed by atoms with van der Waals surface area (Å²) in [5, 5.41) is 37.0. The molecule has 0 aromatic heterocycles. The summed E-state index contributed by atoms with van der Waals surface area (Å²) in [5.74, 6) is -1.47. The molecule has 0 fully saturated rings. The van der Waals surface area contributed by atoms with Crippen LogP contribution in [0.5, 0.6) is 11.5 Å². The topological polar surface area (TPSA) is 314 Å². The third kappa shape index (κ3) is 10.1. The fourth-order valence-electron chi connectivity index (χ4n) is 5.23. The van der Waals surface area contributed by atoms with E-state index in [2.05, 4.69) is 20.5 Å². The molecule has 0 amide bonds.